The van der Waals surface area contributed by atoms with Gasteiger partial charge < -0.3 is 10.8 Å². The smallest absolute Gasteiger partial charge is 0.0471 e. The van der Waals surface area contributed by atoms with Crippen molar-refractivity contribution < 1.29 is 5.11 Å². The Balaban J connectivity index is 3.63. The van der Waals surface area contributed by atoms with E-state index >= 15 is 0 Å². The summed E-state index contributed by atoms with van der Waals surface area (Å²) in [6.45, 7) is 7.28. The van der Waals surface area contributed by atoms with E-state index in [1.165, 1.54) is 0 Å². The van der Waals surface area contributed by atoms with Crippen LogP contribution in [0.4, 0.5) is 0 Å². The van der Waals surface area contributed by atoms with E-state index in [9.17, 15) is 0 Å². The molecule has 0 aromatic carbocycles. The first-order chi connectivity index (χ1) is 4.49. The fourth-order valence-electron chi connectivity index (χ4n) is 1.09. The molecule has 0 amide bonds. The molecule has 0 aromatic heterocycles. The Morgan fingerprint density at radius 3 is 2.00 bits per heavy atom. The van der Waals surface area contributed by atoms with Gasteiger partial charge in [-0.15, -0.1) is 0 Å². The van der Waals surface area contributed by atoms with Crippen LogP contribution >= 0.6 is 0 Å². The van der Waals surface area contributed by atoms with Gasteiger partial charge in [-0.1, -0.05) is 20.8 Å². The fourth-order valence-corrected chi connectivity index (χ4v) is 1.09. The summed E-state index contributed by atoms with van der Waals surface area (Å²) in [6.07, 6.45) is 1.00. The van der Waals surface area contributed by atoms with Crippen LogP contribution in [0.5, 0.6) is 0 Å². The maximum absolute atomic E-state index is 8.81. The maximum Gasteiger partial charge on any atom is 0.0471 e. The second kappa shape index (κ2) is 3.94. The largest absolute Gasteiger partial charge is 0.396 e. The summed E-state index contributed by atoms with van der Waals surface area (Å²) >= 11 is 0. The van der Waals surface area contributed by atoms with E-state index in [2.05, 4.69) is 20.8 Å². The molecule has 0 heterocycles. The van der Waals surface area contributed by atoms with Crippen LogP contribution in [0.3, 0.4) is 0 Å². The molecule has 2 heteroatoms. The van der Waals surface area contributed by atoms with Gasteiger partial charge in [-0.3, -0.25) is 0 Å². The van der Waals surface area contributed by atoms with Gasteiger partial charge >= 0.3 is 0 Å². The molecule has 0 aromatic rings. The van der Waals surface area contributed by atoms with E-state index in [0.717, 1.165) is 6.42 Å². The summed E-state index contributed by atoms with van der Waals surface area (Å²) in [7, 11) is 0. The standard InChI is InChI=1S/C8H19NO/c1-8(2,3)4-7(5-9)6-10/h7,10H,4-6,9H2,1-3H3/t7-/m0/s1. The summed E-state index contributed by atoms with van der Waals surface area (Å²) in [5.74, 6) is 0.278. The zero-order valence-electron chi connectivity index (χ0n) is 7.22. The van der Waals surface area contributed by atoms with Gasteiger partial charge in [0, 0.05) is 6.61 Å². The number of hydrogen-bond donors (Lipinski definition) is 2. The predicted molar refractivity (Wildman–Crippen MR) is 43.7 cm³/mol. The van der Waals surface area contributed by atoms with Gasteiger partial charge in [0.25, 0.3) is 0 Å². The van der Waals surface area contributed by atoms with Crippen LogP contribution in [0, 0.1) is 11.3 Å². The quantitative estimate of drug-likeness (QED) is 0.622. The summed E-state index contributed by atoms with van der Waals surface area (Å²) in [5.41, 5.74) is 5.71. The Morgan fingerprint density at radius 2 is 1.90 bits per heavy atom. The summed E-state index contributed by atoms with van der Waals surface area (Å²) in [6, 6.07) is 0. The molecule has 0 radical (unpaired) electrons. The van der Waals surface area contributed by atoms with Crippen molar-refractivity contribution in [1.29, 1.82) is 0 Å². The molecule has 0 saturated carbocycles. The minimum atomic E-state index is 0.216. The van der Waals surface area contributed by atoms with Crippen molar-refractivity contribution in [2.75, 3.05) is 13.2 Å². The fraction of sp³-hybridized carbons (Fsp3) is 1.00. The Labute approximate surface area is 63.4 Å². The molecule has 0 aliphatic carbocycles. The average molecular weight is 145 g/mol. The molecule has 0 aliphatic heterocycles. The molecule has 0 aliphatic rings. The van der Waals surface area contributed by atoms with E-state index in [-0.39, 0.29) is 17.9 Å². The molecule has 0 rings (SSSR count). The summed E-state index contributed by atoms with van der Waals surface area (Å²) < 4.78 is 0. The third-order valence-corrected chi connectivity index (χ3v) is 1.49. The van der Waals surface area contributed by atoms with Crippen molar-refractivity contribution in [2.45, 2.75) is 27.2 Å². The van der Waals surface area contributed by atoms with Gasteiger partial charge in [0.1, 0.15) is 0 Å². The molecule has 2 nitrogen and oxygen atoms in total. The van der Waals surface area contributed by atoms with E-state index in [0.29, 0.717) is 6.54 Å². The molecule has 1 atom stereocenters. The SMILES string of the molecule is CC(C)(C)C[C@@H](CN)CO. The first-order valence-electron chi connectivity index (χ1n) is 3.80. The highest BCUT2D eigenvalue weighted by Gasteiger charge is 2.16. The zero-order valence-corrected chi connectivity index (χ0v) is 7.22. The van der Waals surface area contributed by atoms with Crippen molar-refractivity contribution in [3.8, 4) is 0 Å². The molecule has 0 bridgehead atoms. The van der Waals surface area contributed by atoms with E-state index in [4.69, 9.17) is 10.8 Å². The second-order valence-electron chi connectivity index (χ2n) is 4.05. The van der Waals surface area contributed by atoms with Crippen molar-refractivity contribution >= 4 is 0 Å². The third kappa shape index (κ3) is 4.77. The monoisotopic (exact) mass is 145 g/mol. The van der Waals surface area contributed by atoms with Crippen molar-refractivity contribution in [1.82, 2.24) is 0 Å². The number of aliphatic hydroxyl groups is 1. The lowest BCUT2D eigenvalue weighted by Crippen LogP contribution is -2.23. The van der Waals surface area contributed by atoms with Crippen LogP contribution in [0.1, 0.15) is 27.2 Å². The maximum atomic E-state index is 8.81. The Morgan fingerprint density at radius 1 is 1.40 bits per heavy atom. The predicted octanol–water partition coefficient (Wildman–Crippen LogP) is 0.990. The highest BCUT2D eigenvalue weighted by molar-refractivity contribution is 4.68. The van der Waals surface area contributed by atoms with Crippen LogP contribution in [0.15, 0.2) is 0 Å². The lowest BCUT2D eigenvalue weighted by atomic mass is 9.85. The van der Waals surface area contributed by atoms with Gasteiger partial charge in [-0.05, 0) is 24.3 Å². The van der Waals surface area contributed by atoms with Gasteiger partial charge in [0.05, 0.1) is 0 Å². The number of nitrogens with two attached hydrogens (primary N) is 1. The first-order valence-corrected chi connectivity index (χ1v) is 3.80. The van der Waals surface area contributed by atoms with Gasteiger partial charge in [0.15, 0.2) is 0 Å². The lowest BCUT2D eigenvalue weighted by Gasteiger charge is -2.23. The average Bonchev–Trinajstić information content (AvgIpc) is 1.81. The molecule has 0 saturated heterocycles. The molecule has 10 heavy (non-hydrogen) atoms. The van der Waals surface area contributed by atoms with Crippen LogP contribution in [-0.2, 0) is 0 Å². The third-order valence-electron chi connectivity index (χ3n) is 1.49. The number of aliphatic hydroxyl groups excluding tert-OH is 1. The highest BCUT2D eigenvalue weighted by Crippen LogP contribution is 2.23. The van der Waals surface area contributed by atoms with E-state index in [1.54, 1.807) is 0 Å². The summed E-state index contributed by atoms with van der Waals surface area (Å²) in [5, 5.41) is 8.81. The first kappa shape index (κ1) is 9.92. The molecule has 3 N–H and O–H groups in total. The van der Waals surface area contributed by atoms with Crippen molar-refractivity contribution in [2.24, 2.45) is 17.1 Å². The normalized spacial score (nSPS) is 15.3. The van der Waals surface area contributed by atoms with Gasteiger partial charge in [-0.2, -0.15) is 0 Å². The minimum Gasteiger partial charge on any atom is -0.396 e. The Kier molecular flexibility index (Phi) is 3.91. The second-order valence-corrected chi connectivity index (χ2v) is 4.05. The molecule has 62 valence electrons. The molecular weight excluding hydrogens is 126 g/mol. The summed E-state index contributed by atoms with van der Waals surface area (Å²) in [4.78, 5) is 0. The molecule has 0 fully saturated rings. The number of rotatable bonds is 3. The van der Waals surface area contributed by atoms with E-state index < -0.39 is 0 Å². The van der Waals surface area contributed by atoms with Crippen molar-refractivity contribution in [3.63, 3.8) is 0 Å². The van der Waals surface area contributed by atoms with Crippen molar-refractivity contribution in [3.05, 3.63) is 0 Å². The number of hydrogen-bond acceptors (Lipinski definition) is 2. The van der Waals surface area contributed by atoms with Gasteiger partial charge in [0.2, 0.25) is 0 Å². The highest BCUT2D eigenvalue weighted by atomic mass is 16.3. The van der Waals surface area contributed by atoms with Crippen LogP contribution < -0.4 is 5.73 Å². The molecular formula is C8H19NO. The van der Waals surface area contributed by atoms with Crippen LogP contribution in [-0.4, -0.2) is 18.3 Å². The minimum absolute atomic E-state index is 0.216. The topological polar surface area (TPSA) is 46.2 Å². The zero-order chi connectivity index (χ0) is 8.20. The molecule has 0 unspecified atom stereocenters. The van der Waals surface area contributed by atoms with E-state index in [1.807, 2.05) is 0 Å². The van der Waals surface area contributed by atoms with Crippen LogP contribution in [0.2, 0.25) is 0 Å². The van der Waals surface area contributed by atoms with Crippen LogP contribution in [0.25, 0.3) is 0 Å². The lowest BCUT2D eigenvalue weighted by molar-refractivity contribution is 0.183. The molecule has 0 spiro atoms. The Hall–Kier alpha value is -0.0800. The Bertz CT molecular complexity index is 81.7. The van der Waals surface area contributed by atoms with Gasteiger partial charge in [-0.25, -0.2) is 0 Å².